The summed E-state index contributed by atoms with van der Waals surface area (Å²) in [5, 5.41) is 2.29. The molecule has 73 valence electrons. The lowest BCUT2D eigenvalue weighted by Crippen LogP contribution is -2.17. The van der Waals surface area contributed by atoms with E-state index in [9.17, 15) is 0 Å². The molecule has 0 aromatic heterocycles. The first kappa shape index (κ1) is 13.0. The van der Waals surface area contributed by atoms with Gasteiger partial charge in [-0.1, -0.05) is 58.5 Å². The van der Waals surface area contributed by atoms with Crippen molar-refractivity contribution in [3.63, 3.8) is 0 Å². The quantitative estimate of drug-likeness (QED) is 0.610. The maximum atomic E-state index is 3.59. The fourth-order valence-corrected chi connectivity index (χ4v) is 3.23. The van der Waals surface area contributed by atoms with Crippen LogP contribution in [0.3, 0.4) is 0 Å². The van der Waals surface area contributed by atoms with Gasteiger partial charge < -0.3 is 0 Å². The van der Waals surface area contributed by atoms with Crippen molar-refractivity contribution in [1.29, 1.82) is 0 Å². The third-order valence-corrected chi connectivity index (χ3v) is 4.08. The van der Waals surface area contributed by atoms with Crippen LogP contribution < -0.4 is 0 Å². The molecule has 0 rings (SSSR count). The fourth-order valence-electron chi connectivity index (χ4n) is 1.39. The van der Waals surface area contributed by atoms with E-state index in [-0.39, 0.29) is 0 Å². The molecule has 0 aliphatic carbocycles. The van der Waals surface area contributed by atoms with Crippen LogP contribution in [0.2, 0.25) is 0 Å². The molecule has 0 heterocycles. The topological polar surface area (TPSA) is 0 Å². The Kier molecular flexibility index (Phi) is 9.24. The van der Waals surface area contributed by atoms with E-state index in [1.54, 1.807) is 0 Å². The number of alkyl halides is 2. The van der Waals surface area contributed by atoms with Gasteiger partial charge >= 0.3 is 0 Å². The van der Waals surface area contributed by atoms with Crippen molar-refractivity contribution in [2.24, 2.45) is 11.8 Å². The Morgan fingerprint density at radius 3 is 2.08 bits per heavy atom. The lowest BCUT2D eigenvalue weighted by atomic mass is 9.89. The minimum atomic E-state index is 0.837. The molecule has 0 fully saturated rings. The molecular weight excluding hydrogens is 280 g/mol. The van der Waals surface area contributed by atoms with Gasteiger partial charge in [0.25, 0.3) is 0 Å². The molecule has 0 amide bonds. The van der Waals surface area contributed by atoms with E-state index < -0.39 is 0 Å². The zero-order chi connectivity index (χ0) is 9.40. The predicted octanol–water partition coefficient (Wildman–Crippen LogP) is 4.42. The molecule has 0 saturated heterocycles. The van der Waals surface area contributed by atoms with Gasteiger partial charge in [-0.3, -0.25) is 0 Å². The Balaban J connectivity index is 3.75. The summed E-state index contributed by atoms with van der Waals surface area (Å²) < 4.78 is 0. The van der Waals surface area contributed by atoms with Crippen LogP contribution in [-0.2, 0) is 0 Å². The summed E-state index contributed by atoms with van der Waals surface area (Å²) in [6.07, 6.45) is 6.12. The molecule has 0 aliphatic heterocycles. The predicted molar refractivity (Wildman–Crippen MR) is 64.1 cm³/mol. The largest absolute Gasteiger partial charge is 0.0925 e. The normalized spacial score (nSPS) is 16.0. The molecule has 0 aromatic carbocycles. The molecule has 2 unspecified atom stereocenters. The fraction of sp³-hybridized carbons (Fsp3) is 0.900. The molecule has 0 bridgehead atoms. The van der Waals surface area contributed by atoms with Gasteiger partial charge in [0.2, 0.25) is 0 Å². The zero-order valence-electron chi connectivity index (χ0n) is 8.02. The van der Waals surface area contributed by atoms with Gasteiger partial charge in [-0.2, -0.15) is 0 Å². The molecule has 0 aliphatic rings. The number of hydrogen-bond donors (Lipinski definition) is 0. The highest BCUT2D eigenvalue weighted by Gasteiger charge is 2.16. The average molecular weight is 299 g/mol. The van der Waals surface area contributed by atoms with Crippen LogP contribution in [-0.4, -0.2) is 10.7 Å². The van der Waals surface area contributed by atoms with E-state index in [1.165, 1.54) is 19.3 Å². The maximum absolute atomic E-state index is 3.59. The van der Waals surface area contributed by atoms with E-state index >= 15 is 0 Å². The summed E-state index contributed by atoms with van der Waals surface area (Å²) in [5.41, 5.74) is 0. The minimum absolute atomic E-state index is 0.837. The van der Waals surface area contributed by atoms with Crippen LogP contribution >= 0.6 is 31.9 Å². The molecule has 0 aromatic rings. The Labute approximate surface area is 93.8 Å². The highest BCUT2D eigenvalue weighted by molar-refractivity contribution is 9.09. The van der Waals surface area contributed by atoms with Crippen LogP contribution in [0.5, 0.6) is 0 Å². The molecule has 0 N–H and O–H groups in total. The van der Waals surface area contributed by atoms with Crippen molar-refractivity contribution in [2.75, 3.05) is 10.7 Å². The standard InChI is InChI=1S/C10H19Br2/c1-3-5-6-10(8-12)9(4-2)7-11/h3,9-10H,4-8H2,1-2H3. The van der Waals surface area contributed by atoms with E-state index in [4.69, 9.17) is 0 Å². The summed E-state index contributed by atoms with van der Waals surface area (Å²) in [7, 11) is 0. The molecular formula is C10H19Br2. The highest BCUT2D eigenvalue weighted by Crippen LogP contribution is 2.25. The summed E-state index contributed by atoms with van der Waals surface area (Å²) in [4.78, 5) is 0. The lowest BCUT2D eigenvalue weighted by Gasteiger charge is -2.22. The first-order valence-electron chi connectivity index (χ1n) is 4.69. The van der Waals surface area contributed by atoms with Crippen LogP contribution in [0.25, 0.3) is 0 Å². The second-order valence-electron chi connectivity index (χ2n) is 3.22. The van der Waals surface area contributed by atoms with E-state index in [0.717, 1.165) is 22.5 Å². The van der Waals surface area contributed by atoms with Gasteiger partial charge in [0.1, 0.15) is 0 Å². The van der Waals surface area contributed by atoms with Crippen molar-refractivity contribution >= 4 is 31.9 Å². The summed E-state index contributed by atoms with van der Waals surface area (Å²) in [6.45, 7) is 4.41. The minimum Gasteiger partial charge on any atom is -0.0925 e. The second kappa shape index (κ2) is 8.55. The highest BCUT2D eigenvalue weighted by atomic mass is 79.9. The Morgan fingerprint density at radius 1 is 1.17 bits per heavy atom. The number of halogens is 2. The van der Waals surface area contributed by atoms with Crippen molar-refractivity contribution < 1.29 is 0 Å². The SMILES string of the molecule is C[CH]CCC(CBr)C(CC)CBr. The van der Waals surface area contributed by atoms with Crippen molar-refractivity contribution in [3.05, 3.63) is 6.42 Å². The zero-order valence-corrected chi connectivity index (χ0v) is 11.2. The van der Waals surface area contributed by atoms with Gasteiger partial charge in [0.15, 0.2) is 0 Å². The number of unbranched alkanes of at least 4 members (excludes halogenated alkanes) is 1. The molecule has 0 nitrogen and oxygen atoms in total. The van der Waals surface area contributed by atoms with Crippen molar-refractivity contribution in [3.8, 4) is 0 Å². The third-order valence-electron chi connectivity index (χ3n) is 2.41. The Bertz CT molecular complexity index is 89.8. The van der Waals surface area contributed by atoms with Gasteiger partial charge in [0, 0.05) is 10.7 Å². The number of hydrogen-bond acceptors (Lipinski definition) is 0. The van der Waals surface area contributed by atoms with Gasteiger partial charge in [0.05, 0.1) is 0 Å². The van der Waals surface area contributed by atoms with E-state index in [2.05, 4.69) is 52.1 Å². The molecule has 2 heteroatoms. The van der Waals surface area contributed by atoms with Crippen LogP contribution in [0, 0.1) is 18.3 Å². The molecule has 0 spiro atoms. The monoisotopic (exact) mass is 297 g/mol. The Morgan fingerprint density at radius 2 is 1.75 bits per heavy atom. The second-order valence-corrected chi connectivity index (χ2v) is 4.52. The lowest BCUT2D eigenvalue weighted by molar-refractivity contribution is 0.370. The number of rotatable bonds is 7. The van der Waals surface area contributed by atoms with E-state index in [1.807, 2.05) is 0 Å². The van der Waals surface area contributed by atoms with Crippen LogP contribution in [0.1, 0.15) is 33.1 Å². The molecule has 2 atom stereocenters. The first-order valence-corrected chi connectivity index (χ1v) is 6.94. The van der Waals surface area contributed by atoms with Gasteiger partial charge in [-0.25, -0.2) is 0 Å². The maximum Gasteiger partial charge on any atom is 0.00626 e. The molecule has 1 radical (unpaired) electrons. The average Bonchev–Trinajstić information content (AvgIpc) is 2.12. The van der Waals surface area contributed by atoms with E-state index in [0.29, 0.717) is 0 Å². The van der Waals surface area contributed by atoms with Crippen LogP contribution in [0.4, 0.5) is 0 Å². The van der Waals surface area contributed by atoms with Crippen molar-refractivity contribution in [1.82, 2.24) is 0 Å². The Hall–Kier alpha value is 0.960. The third kappa shape index (κ3) is 4.86. The van der Waals surface area contributed by atoms with Gasteiger partial charge in [-0.05, 0) is 24.7 Å². The van der Waals surface area contributed by atoms with Crippen LogP contribution in [0.15, 0.2) is 0 Å². The first-order chi connectivity index (χ1) is 5.79. The smallest absolute Gasteiger partial charge is 0.00626 e. The summed E-state index contributed by atoms with van der Waals surface area (Å²) in [6, 6.07) is 0. The molecule has 12 heavy (non-hydrogen) atoms. The molecule has 0 saturated carbocycles. The van der Waals surface area contributed by atoms with Crippen molar-refractivity contribution in [2.45, 2.75) is 33.1 Å². The summed E-state index contributed by atoms with van der Waals surface area (Å²) >= 11 is 7.17. The summed E-state index contributed by atoms with van der Waals surface area (Å²) in [5.74, 6) is 1.68. The van der Waals surface area contributed by atoms with Gasteiger partial charge in [-0.15, -0.1) is 0 Å².